The lowest BCUT2D eigenvalue weighted by molar-refractivity contribution is -0.140. The molecule has 0 unspecified atom stereocenters. The fourth-order valence-electron chi connectivity index (χ4n) is 3.73. The Hall–Kier alpha value is -1.31. The van der Waals surface area contributed by atoms with Crippen molar-refractivity contribution in [2.45, 2.75) is 51.7 Å². The van der Waals surface area contributed by atoms with Gasteiger partial charge in [-0.05, 0) is 31.6 Å². The number of aliphatic imine (C=N–C) groups is 1. The third-order valence-electron chi connectivity index (χ3n) is 4.94. The highest BCUT2D eigenvalue weighted by molar-refractivity contribution is 7.09. The van der Waals surface area contributed by atoms with Crippen molar-refractivity contribution >= 4 is 17.3 Å². The summed E-state index contributed by atoms with van der Waals surface area (Å²) in [4.78, 5) is 10.4. The highest BCUT2D eigenvalue weighted by Gasteiger charge is 2.41. The van der Waals surface area contributed by atoms with Crippen LogP contribution in [-0.2, 0) is 12.7 Å². The zero-order valence-electron chi connectivity index (χ0n) is 13.8. The summed E-state index contributed by atoms with van der Waals surface area (Å²) in [6, 6.07) is 0. The first-order valence-corrected chi connectivity index (χ1v) is 9.35. The summed E-state index contributed by atoms with van der Waals surface area (Å²) in [5.74, 6) is 0.796. The summed E-state index contributed by atoms with van der Waals surface area (Å²) < 4.78 is 37.9. The Bertz CT molecular complexity index is 590. The Morgan fingerprint density at radius 2 is 2.12 bits per heavy atom. The SMILES string of the molecule is CCNC(=NCc1nc(C(F)(F)F)cs1)N1CCC2(CCCC2)C1. The van der Waals surface area contributed by atoms with E-state index in [9.17, 15) is 13.2 Å². The van der Waals surface area contributed by atoms with Crippen LogP contribution >= 0.6 is 11.3 Å². The summed E-state index contributed by atoms with van der Waals surface area (Å²) in [7, 11) is 0. The molecule has 2 aliphatic rings. The molecule has 4 nitrogen and oxygen atoms in total. The number of hydrogen-bond donors (Lipinski definition) is 1. The zero-order chi connectivity index (χ0) is 17.2. The molecular formula is C16H23F3N4S. The second kappa shape index (κ2) is 6.90. The highest BCUT2D eigenvalue weighted by Crippen LogP contribution is 2.45. The molecule has 24 heavy (non-hydrogen) atoms. The van der Waals surface area contributed by atoms with Crippen LogP contribution in [0.15, 0.2) is 10.4 Å². The maximum atomic E-state index is 12.6. The number of thiazole rings is 1. The maximum absolute atomic E-state index is 12.6. The molecule has 0 amide bonds. The Balaban J connectivity index is 1.67. The molecule has 2 heterocycles. The van der Waals surface area contributed by atoms with Gasteiger partial charge in [0.05, 0.1) is 6.54 Å². The van der Waals surface area contributed by atoms with Gasteiger partial charge in [-0.1, -0.05) is 12.8 Å². The average Bonchev–Trinajstić information content (AvgIpc) is 3.25. The molecule has 1 saturated heterocycles. The third kappa shape index (κ3) is 3.84. The van der Waals surface area contributed by atoms with Crippen LogP contribution in [0, 0.1) is 5.41 Å². The summed E-state index contributed by atoms with van der Waals surface area (Å²) in [6.45, 7) is 4.91. The van der Waals surface area contributed by atoms with Crippen molar-refractivity contribution < 1.29 is 13.2 Å². The molecule has 3 rings (SSSR count). The van der Waals surface area contributed by atoms with Crippen molar-refractivity contribution in [3.05, 3.63) is 16.1 Å². The number of nitrogens with one attached hydrogen (secondary N) is 1. The summed E-state index contributed by atoms with van der Waals surface area (Å²) in [5, 5.41) is 4.72. The van der Waals surface area contributed by atoms with Crippen LogP contribution in [0.2, 0.25) is 0 Å². The van der Waals surface area contributed by atoms with Crippen molar-refractivity contribution in [1.29, 1.82) is 0 Å². The first-order valence-electron chi connectivity index (χ1n) is 8.47. The molecule has 1 aliphatic carbocycles. The lowest BCUT2D eigenvalue weighted by Gasteiger charge is -2.25. The lowest BCUT2D eigenvalue weighted by Crippen LogP contribution is -2.41. The number of guanidine groups is 1. The minimum absolute atomic E-state index is 0.187. The Labute approximate surface area is 144 Å². The van der Waals surface area contributed by atoms with E-state index in [0.717, 1.165) is 42.3 Å². The van der Waals surface area contributed by atoms with Crippen LogP contribution in [0.5, 0.6) is 0 Å². The van der Waals surface area contributed by atoms with Crippen molar-refractivity contribution in [1.82, 2.24) is 15.2 Å². The molecule has 0 radical (unpaired) electrons. The van der Waals surface area contributed by atoms with Crippen LogP contribution in [0.3, 0.4) is 0 Å². The molecule has 134 valence electrons. The van der Waals surface area contributed by atoms with E-state index in [4.69, 9.17) is 0 Å². The summed E-state index contributed by atoms with van der Waals surface area (Å²) >= 11 is 1.01. The van der Waals surface area contributed by atoms with Crippen LogP contribution < -0.4 is 5.32 Å². The molecule has 2 fully saturated rings. The first-order chi connectivity index (χ1) is 11.4. The van der Waals surface area contributed by atoms with Gasteiger partial charge in [-0.2, -0.15) is 13.2 Å². The molecule has 1 N–H and O–H groups in total. The Kier molecular flexibility index (Phi) is 5.03. The fraction of sp³-hybridized carbons (Fsp3) is 0.750. The van der Waals surface area contributed by atoms with Gasteiger partial charge >= 0.3 is 6.18 Å². The van der Waals surface area contributed by atoms with Crippen LogP contribution in [0.25, 0.3) is 0 Å². The van der Waals surface area contributed by atoms with Gasteiger partial charge in [0.2, 0.25) is 0 Å². The minimum Gasteiger partial charge on any atom is -0.357 e. The second-order valence-electron chi connectivity index (χ2n) is 6.67. The third-order valence-corrected chi connectivity index (χ3v) is 5.78. The molecule has 1 saturated carbocycles. The number of likely N-dealkylation sites (tertiary alicyclic amines) is 1. The molecule has 8 heteroatoms. The van der Waals surface area contributed by atoms with Gasteiger partial charge in [-0.3, -0.25) is 0 Å². The second-order valence-corrected chi connectivity index (χ2v) is 7.62. The van der Waals surface area contributed by atoms with Gasteiger partial charge in [0.1, 0.15) is 5.01 Å². The minimum atomic E-state index is -4.38. The average molecular weight is 360 g/mol. The van der Waals surface area contributed by atoms with Crippen molar-refractivity contribution in [3.8, 4) is 0 Å². The standard InChI is InChI=1S/C16H23F3N4S/c1-2-20-14(23-8-7-15(11-23)5-3-4-6-15)21-9-13-22-12(10-24-13)16(17,18)19/h10H,2-9,11H2,1H3,(H,20,21). The van der Waals surface area contributed by atoms with Gasteiger partial charge < -0.3 is 10.2 Å². The first kappa shape index (κ1) is 17.5. The normalized spacial score (nSPS) is 21.0. The van der Waals surface area contributed by atoms with Crippen molar-refractivity contribution in [2.75, 3.05) is 19.6 Å². The maximum Gasteiger partial charge on any atom is 0.434 e. The van der Waals surface area contributed by atoms with Gasteiger partial charge in [0, 0.05) is 25.0 Å². The highest BCUT2D eigenvalue weighted by atomic mass is 32.1. The van der Waals surface area contributed by atoms with Gasteiger partial charge in [0.15, 0.2) is 11.7 Å². The number of nitrogens with zero attached hydrogens (tertiary/aromatic N) is 3. The van der Waals surface area contributed by atoms with E-state index in [1.165, 1.54) is 32.1 Å². The molecule has 1 spiro atoms. The summed E-state index contributed by atoms with van der Waals surface area (Å²) in [6.07, 6.45) is 1.98. The largest absolute Gasteiger partial charge is 0.434 e. The summed E-state index contributed by atoms with van der Waals surface area (Å²) in [5.41, 5.74) is -0.394. The molecule has 1 aromatic heterocycles. The molecule has 0 aromatic carbocycles. The smallest absolute Gasteiger partial charge is 0.357 e. The number of hydrogen-bond acceptors (Lipinski definition) is 3. The number of halogens is 3. The molecule has 1 aromatic rings. The zero-order valence-corrected chi connectivity index (χ0v) is 14.6. The van der Waals surface area contributed by atoms with Crippen molar-refractivity contribution in [2.24, 2.45) is 10.4 Å². The number of alkyl halides is 3. The van der Waals surface area contributed by atoms with Gasteiger partial charge in [0.25, 0.3) is 0 Å². The topological polar surface area (TPSA) is 40.5 Å². The molecular weight excluding hydrogens is 337 g/mol. The van der Waals surface area contributed by atoms with E-state index in [1.807, 2.05) is 6.92 Å². The quantitative estimate of drug-likeness (QED) is 0.657. The van der Waals surface area contributed by atoms with Crippen molar-refractivity contribution in [3.63, 3.8) is 0 Å². The van der Waals surface area contributed by atoms with Gasteiger partial charge in [-0.25, -0.2) is 9.98 Å². The van der Waals surface area contributed by atoms with E-state index < -0.39 is 11.9 Å². The molecule has 0 atom stereocenters. The van der Waals surface area contributed by atoms with E-state index >= 15 is 0 Å². The Morgan fingerprint density at radius 1 is 1.38 bits per heavy atom. The molecule has 1 aliphatic heterocycles. The van der Waals surface area contributed by atoms with Gasteiger partial charge in [-0.15, -0.1) is 11.3 Å². The van der Waals surface area contributed by atoms with Crippen LogP contribution in [0.4, 0.5) is 13.2 Å². The number of aromatic nitrogens is 1. The fourth-order valence-corrected chi connectivity index (χ4v) is 4.46. The predicted octanol–water partition coefficient (Wildman–Crippen LogP) is 3.89. The van der Waals surface area contributed by atoms with Crippen LogP contribution in [-0.4, -0.2) is 35.5 Å². The molecule has 0 bridgehead atoms. The van der Waals surface area contributed by atoms with E-state index in [0.29, 0.717) is 10.4 Å². The van der Waals surface area contributed by atoms with Crippen LogP contribution in [0.1, 0.15) is 49.7 Å². The Morgan fingerprint density at radius 3 is 2.75 bits per heavy atom. The lowest BCUT2D eigenvalue weighted by atomic mass is 9.86. The van der Waals surface area contributed by atoms with E-state index in [-0.39, 0.29) is 6.54 Å². The van der Waals surface area contributed by atoms with E-state index in [2.05, 4.69) is 20.2 Å². The monoisotopic (exact) mass is 360 g/mol. The predicted molar refractivity (Wildman–Crippen MR) is 89.0 cm³/mol. The number of rotatable bonds is 3. The van der Waals surface area contributed by atoms with E-state index in [1.54, 1.807) is 0 Å².